The van der Waals surface area contributed by atoms with E-state index in [4.69, 9.17) is 0 Å². The third-order valence-corrected chi connectivity index (χ3v) is 3.12. The van der Waals surface area contributed by atoms with Crippen LogP contribution in [-0.4, -0.2) is 29.8 Å². The molecule has 1 aliphatic heterocycles. The van der Waals surface area contributed by atoms with Crippen LogP contribution in [-0.2, 0) is 9.59 Å². The maximum Gasteiger partial charge on any atom is 0.248 e. The van der Waals surface area contributed by atoms with Crippen molar-refractivity contribution < 1.29 is 9.59 Å². The standard InChI is InChI=1S/C13H16N2O2/c1-3-10-13(17)15(2)11(12(16)14-10)9-7-5-4-6-8-9/h4-8,10-11H,3H2,1-2H3,(H,14,16). The average Bonchev–Trinajstić information content (AvgIpc) is 2.35. The number of benzene rings is 1. The van der Waals surface area contributed by atoms with E-state index in [1.54, 1.807) is 7.05 Å². The predicted octanol–water partition coefficient (Wildman–Crippen LogP) is 1.09. The van der Waals surface area contributed by atoms with E-state index in [2.05, 4.69) is 5.32 Å². The van der Waals surface area contributed by atoms with E-state index in [9.17, 15) is 9.59 Å². The van der Waals surface area contributed by atoms with Crippen LogP contribution in [0.1, 0.15) is 24.9 Å². The predicted molar refractivity (Wildman–Crippen MR) is 64.2 cm³/mol. The molecule has 0 radical (unpaired) electrons. The fourth-order valence-electron chi connectivity index (χ4n) is 2.15. The van der Waals surface area contributed by atoms with Crippen molar-refractivity contribution in [2.24, 2.45) is 0 Å². The number of carbonyl (C=O) groups is 2. The Kier molecular flexibility index (Phi) is 3.13. The molecule has 1 aromatic carbocycles. The molecule has 0 bridgehead atoms. The lowest BCUT2D eigenvalue weighted by molar-refractivity contribution is -0.148. The van der Waals surface area contributed by atoms with E-state index in [1.165, 1.54) is 4.90 Å². The van der Waals surface area contributed by atoms with Crippen LogP contribution in [0.4, 0.5) is 0 Å². The molecule has 0 spiro atoms. The molecule has 1 heterocycles. The van der Waals surface area contributed by atoms with Crippen molar-refractivity contribution in [2.45, 2.75) is 25.4 Å². The van der Waals surface area contributed by atoms with Gasteiger partial charge in [0.05, 0.1) is 0 Å². The number of hydrogen-bond acceptors (Lipinski definition) is 2. The highest BCUT2D eigenvalue weighted by Crippen LogP contribution is 2.24. The van der Waals surface area contributed by atoms with Crippen molar-refractivity contribution >= 4 is 11.8 Å². The molecular formula is C13H16N2O2. The van der Waals surface area contributed by atoms with Crippen LogP contribution in [0, 0.1) is 0 Å². The largest absolute Gasteiger partial charge is 0.342 e. The third kappa shape index (κ3) is 2.02. The minimum Gasteiger partial charge on any atom is -0.342 e. The zero-order valence-corrected chi connectivity index (χ0v) is 10.0. The molecule has 1 aromatic rings. The van der Waals surface area contributed by atoms with Gasteiger partial charge in [0.15, 0.2) is 0 Å². The lowest BCUT2D eigenvalue weighted by Gasteiger charge is -2.36. The minimum absolute atomic E-state index is 0.0269. The van der Waals surface area contributed by atoms with Gasteiger partial charge in [-0.2, -0.15) is 0 Å². The van der Waals surface area contributed by atoms with Gasteiger partial charge in [-0.25, -0.2) is 0 Å². The van der Waals surface area contributed by atoms with Crippen molar-refractivity contribution in [3.63, 3.8) is 0 Å². The van der Waals surface area contributed by atoms with E-state index in [0.717, 1.165) is 5.56 Å². The van der Waals surface area contributed by atoms with E-state index < -0.39 is 6.04 Å². The SMILES string of the molecule is CCC1NC(=O)C(c2ccccc2)N(C)C1=O. The molecule has 1 N–H and O–H groups in total. The second-order valence-corrected chi connectivity index (χ2v) is 4.23. The Hall–Kier alpha value is -1.84. The first-order chi connectivity index (χ1) is 8.15. The number of nitrogens with one attached hydrogen (secondary N) is 1. The van der Waals surface area contributed by atoms with Crippen LogP contribution in [0.25, 0.3) is 0 Å². The molecule has 2 unspecified atom stereocenters. The summed E-state index contributed by atoms with van der Waals surface area (Å²) in [6, 6.07) is 8.46. The first kappa shape index (κ1) is 11.6. The highest BCUT2D eigenvalue weighted by molar-refractivity contribution is 5.97. The lowest BCUT2D eigenvalue weighted by Crippen LogP contribution is -2.57. The quantitative estimate of drug-likeness (QED) is 0.830. The summed E-state index contributed by atoms with van der Waals surface area (Å²) >= 11 is 0. The van der Waals surface area contributed by atoms with E-state index in [1.807, 2.05) is 37.3 Å². The summed E-state index contributed by atoms with van der Waals surface area (Å²) in [5.74, 6) is -0.133. The first-order valence-corrected chi connectivity index (χ1v) is 5.77. The topological polar surface area (TPSA) is 49.4 Å². The Labute approximate surface area is 101 Å². The Morgan fingerprint density at radius 1 is 1.24 bits per heavy atom. The molecule has 1 fully saturated rings. The molecule has 2 rings (SSSR count). The van der Waals surface area contributed by atoms with Crippen molar-refractivity contribution in [3.05, 3.63) is 35.9 Å². The third-order valence-electron chi connectivity index (χ3n) is 3.12. The Bertz CT molecular complexity index is 430. The molecule has 0 aliphatic carbocycles. The van der Waals surface area contributed by atoms with Gasteiger partial charge in [-0.3, -0.25) is 9.59 Å². The van der Waals surface area contributed by atoms with Gasteiger partial charge in [0.25, 0.3) is 0 Å². The van der Waals surface area contributed by atoms with Gasteiger partial charge >= 0.3 is 0 Å². The average molecular weight is 232 g/mol. The van der Waals surface area contributed by atoms with Crippen molar-refractivity contribution in [2.75, 3.05) is 7.05 Å². The van der Waals surface area contributed by atoms with E-state index >= 15 is 0 Å². The fraction of sp³-hybridized carbons (Fsp3) is 0.385. The molecule has 4 nitrogen and oxygen atoms in total. The molecule has 0 saturated carbocycles. The van der Waals surface area contributed by atoms with Crippen molar-refractivity contribution in [1.29, 1.82) is 0 Å². The zero-order valence-electron chi connectivity index (χ0n) is 10.0. The van der Waals surface area contributed by atoms with Crippen LogP contribution < -0.4 is 5.32 Å². The van der Waals surface area contributed by atoms with Gasteiger partial charge in [-0.05, 0) is 12.0 Å². The van der Waals surface area contributed by atoms with Gasteiger partial charge in [-0.15, -0.1) is 0 Å². The van der Waals surface area contributed by atoms with Gasteiger partial charge in [0, 0.05) is 7.05 Å². The van der Waals surface area contributed by atoms with Gasteiger partial charge in [0.1, 0.15) is 12.1 Å². The zero-order chi connectivity index (χ0) is 12.4. The van der Waals surface area contributed by atoms with Gasteiger partial charge in [-0.1, -0.05) is 37.3 Å². The normalized spacial score (nSPS) is 24.7. The number of likely N-dealkylation sites (N-methyl/N-ethyl adjacent to an activating group) is 1. The van der Waals surface area contributed by atoms with E-state index in [-0.39, 0.29) is 17.9 Å². The molecular weight excluding hydrogens is 216 g/mol. The summed E-state index contributed by atoms with van der Waals surface area (Å²) in [6.07, 6.45) is 0.621. The van der Waals surface area contributed by atoms with Crippen LogP contribution in [0.2, 0.25) is 0 Å². The van der Waals surface area contributed by atoms with Crippen molar-refractivity contribution in [1.82, 2.24) is 10.2 Å². The lowest BCUT2D eigenvalue weighted by atomic mass is 9.99. The molecule has 2 atom stereocenters. The number of nitrogens with zero attached hydrogens (tertiary/aromatic N) is 1. The Morgan fingerprint density at radius 3 is 2.47 bits per heavy atom. The van der Waals surface area contributed by atoms with E-state index in [0.29, 0.717) is 6.42 Å². The van der Waals surface area contributed by atoms with Crippen LogP contribution in [0.15, 0.2) is 30.3 Å². The molecule has 2 amide bonds. The maximum absolute atomic E-state index is 12.0. The van der Waals surface area contributed by atoms with Crippen molar-refractivity contribution in [3.8, 4) is 0 Å². The smallest absolute Gasteiger partial charge is 0.248 e. The summed E-state index contributed by atoms with van der Waals surface area (Å²) in [5, 5.41) is 2.76. The monoisotopic (exact) mass is 232 g/mol. The van der Waals surface area contributed by atoms with Gasteiger partial charge in [0.2, 0.25) is 11.8 Å². The highest BCUT2D eigenvalue weighted by Gasteiger charge is 2.38. The summed E-state index contributed by atoms with van der Waals surface area (Å²) in [5.41, 5.74) is 0.843. The molecule has 0 aromatic heterocycles. The van der Waals surface area contributed by atoms with Gasteiger partial charge < -0.3 is 10.2 Å². The minimum atomic E-state index is -0.508. The summed E-state index contributed by atoms with van der Waals surface area (Å²) in [7, 11) is 1.68. The van der Waals surface area contributed by atoms with Crippen LogP contribution in [0.5, 0.6) is 0 Å². The molecule has 17 heavy (non-hydrogen) atoms. The number of amides is 2. The second kappa shape index (κ2) is 4.57. The summed E-state index contributed by atoms with van der Waals surface area (Å²) < 4.78 is 0. The maximum atomic E-state index is 12.0. The fourth-order valence-corrected chi connectivity index (χ4v) is 2.15. The highest BCUT2D eigenvalue weighted by atomic mass is 16.2. The number of piperazine rings is 1. The van der Waals surface area contributed by atoms with Crippen LogP contribution in [0.3, 0.4) is 0 Å². The molecule has 1 aliphatic rings. The van der Waals surface area contributed by atoms with Crippen LogP contribution >= 0.6 is 0 Å². The Morgan fingerprint density at radius 2 is 1.88 bits per heavy atom. The Balaban J connectivity index is 2.30. The molecule has 90 valence electrons. The number of rotatable bonds is 2. The summed E-state index contributed by atoms with van der Waals surface area (Å²) in [4.78, 5) is 25.5. The number of carbonyl (C=O) groups excluding carboxylic acids is 2. The number of hydrogen-bond donors (Lipinski definition) is 1. The molecule has 4 heteroatoms. The first-order valence-electron chi connectivity index (χ1n) is 5.77. The summed E-state index contributed by atoms with van der Waals surface area (Å²) in [6.45, 7) is 1.89. The second-order valence-electron chi connectivity index (χ2n) is 4.23. The molecule has 1 saturated heterocycles.